The molecule has 0 bridgehead atoms. The van der Waals surface area contributed by atoms with Crippen LogP contribution in [0.15, 0.2) is 18.3 Å². The third-order valence-corrected chi connectivity index (χ3v) is 1.94. The molecule has 0 atom stereocenters. The molecule has 21 heavy (non-hydrogen) atoms. The summed E-state index contributed by atoms with van der Waals surface area (Å²) in [5.41, 5.74) is 3.61. The zero-order valence-corrected chi connectivity index (χ0v) is 10.9. The van der Waals surface area contributed by atoms with Gasteiger partial charge < -0.3 is 9.47 Å². The summed E-state index contributed by atoms with van der Waals surface area (Å²) in [5, 5.41) is 0. The normalized spacial score (nSPS) is 10.7. The van der Waals surface area contributed by atoms with Gasteiger partial charge in [0.05, 0.1) is 6.61 Å². The maximum Gasteiger partial charge on any atom is 0.426 e. The lowest BCUT2D eigenvalue weighted by Gasteiger charge is -2.12. The number of nitrogens with one attached hydrogen (secondary N) is 2. The minimum atomic E-state index is -4.56. The van der Waals surface area contributed by atoms with Gasteiger partial charge in [0.1, 0.15) is 5.56 Å². The Morgan fingerprint density at radius 3 is 2.67 bits per heavy atom. The highest BCUT2D eigenvalue weighted by Crippen LogP contribution is 2.19. The van der Waals surface area contributed by atoms with E-state index in [-0.39, 0.29) is 12.2 Å². The van der Waals surface area contributed by atoms with Gasteiger partial charge >= 0.3 is 12.3 Å². The molecular weight excluding hydrogens is 295 g/mol. The highest BCUT2D eigenvalue weighted by atomic mass is 19.4. The van der Waals surface area contributed by atoms with E-state index >= 15 is 0 Å². The van der Waals surface area contributed by atoms with Crippen molar-refractivity contribution in [1.29, 1.82) is 0 Å². The maximum atomic E-state index is 12.1. The van der Waals surface area contributed by atoms with Gasteiger partial charge in [-0.25, -0.2) is 15.2 Å². The van der Waals surface area contributed by atoms with Crippen LogP contribution in [0.5, 0.6) is 5.88 Å². The summed E-state index contributed by atoms with van der Waals surface area (Å²) in [6, 6.07) is 2.53. The van der Waals surface area contributed by atoms with Gasteiger partial charge in [0, 0.05) is 6.20 Å². The number of carbonyl (C=O) groups is 2. The van der Waals surface area contributed by atoms with Crippen molar-refractivity contribution < 1.29 is 32.2 Å². The van der Waals surface area contributed by atoms with Crippen molar-refractivity contribution in [2.24, 2.45) is 0 Å². The second-order valence-corrected chi connectivity index (χ2v) is 3.56. The van der Waals surface area contributed by atoms with Gasteiger partial charge in [-0.1, -0.05) is 0 Å². The number of nitrogens with zero attached hydrogens (tertiary/aromatic N) is 1. The van der Waals surface area contributed by atoms with E-state index in [0.29, 0.717) is 0 Å². The molecule has 0 aliphatic carbocycles. The summed E-state index contributed by atoms with van der Waals surface area (Å²) in [5.74, 6) is -1.40. The third kappa shape index (κ3) is 5.97. The van der Waals surface area contributed by atoms with Crippen molar-refractivity contribution in [3.05, 3.63) is 23.9 Å². The van der Waals surface area contributed by atoms with E-state index in [9.17, 15) is 22.8 Å². The molecule has 1 rings (SSSR count). The summed E-state index contributed by atoms with van der Waals surface area (Å²) >= 11 is 0. The molecule has 0 saturated carbocycles. The molecule has 0 aromatic carbocycles. The minimum absolute atomic E-state index is 0.0918. The average molecular weight is 307 g/mol. The standard InChI is InChI=1S/C11H12F3N3O4/c1-2-20-10(19)17-16-8(18)7-4-3-5-15-9(7)21-6-11(12,13)14/h3-5H,2,6H2,1H3,(H,16,18)(H,17,19). The van der Waals surface area contributed by atoms with Crippen LogP contribution in [-0.2, 0) is 4.74 Å². The lowest BCUT2D eigenvalue weighted by Crippen LogP contribution is -2.42. The monoisotopic (exact) mass is 307 g/mol. The van der Waals surface area contributed by atoms with Gasteiger partial charge in [-0.3, -0.25) is 10.2 Å². The summed E-state index contributed by atoms with van der Waals surface area (Å²) in [6.07, 6.45) is -4.30. The average Bonchev–Trinajstić information content (AvgIpc) is 2.42. The number of alkyl halides is 3. The first kappa shape index (κ1) is 16.5. The number of pyridine rings is 1. The van der Waals surface area contributed by atoms with Crippen LogP contribution in [-0.4, -0.2) is 36.4 Å². The molecule has 0 radical (unpaired) electrons. The van der Waals surface area contributed by atoms with E-state index in [4.69, 9.17) is 0 Å². The second kappa shape index (κ2) is 7.31. The third-order valence-electron chi connectivity index (χ3n) is 1.94. The van der Waals surface area contributed by atoms with Crippen molar-refractivity contribution in [2.75, 3.05) is 13.2 Å². The molecule has 0 saturated heterocycles. The molecule has 2 amide bonds. The van der Waals surface area contributed by atoms with Crippen LogP contribution in [0.4, 0.5) is 18.0 Å². The molecule has 10 heteroatoms. The molecule has 2 N–H and O–H groups in total. The van der Waals surface area contributed by atoms with Crippen LogP contribution in [0.2, 0.25) is 0 Å². The van der Waals surface area contributed by atoms with E-state index in [0.717, 1.165) is 0 Å². The SMILES string of the molecule is CCOC(=O)NNC(=O)c1cccnc1OCC(F)(F)F. The molecule has 116 valence electrons. The molecule has 0 fully saturated rings. The highest BCUT2D eigenvalue weighted by molar-refractivity contribution is 5.96. The number of carbonyl (C=O) groups excluding carboxylic acids is 2. The number of rotatable bonds is 4. The van der Waals surface area contributed by atoms with Gasteiger partial charge in [0.25, 0.3) is 5.91 Å². The Balaban J connectivity index is 2.69. The van der Waals surface area contributed by atoms with E-state index < -0.39 is 30.7 Å². The van der Waals surface area contributed by atoms with E-state index in [2.05, 4.69) is 14.5 Å². The van der Waals surface area contributed by atoms with Crippen LogP contribution >= 0.6 is 0 Å². The van der Waals surface area contributed by atoms with Crippen LogP contribution in [0.3, 0.4) is 0 Å². The molecule has 0 aliphatic rings. The van der Waals surface area contributed by atoms with E-state index in [1.165, 1.54) is 18.3 Å². The first-order valence-corrected chi connectivity index (χ1v) is 5.71. The van der Waals surface area contributed by atoms with Crippen LogP contribution < -0.4 is 15.6 Å². The molecule has 0 unspecified atom stereocenters. The largest absolute Gasteiger partial charge is 0.467 e. The Labute approximate surface area is 117 Å². The maximum absolute atomic E-state index is 12.1. The number of halogens is 3. The Kier molecular flexibility index (Phi) is 5.76. The molecule has 1 aromatic rings. The molecule has 0 spiro atoms. The van der Waals surface area contributed by atoms with E-state index in [1.54, 1.807) is 6.92 Å². The first-order valence-electron chi connectivity index (χ1n) is 5.71. The molecule has 7 nitrogen and oxygen atoms in total. The van der Waals surface area contributed by atoms with E-state index in [1.807, 2.05) is 10.9 Å². The lowest BCUT2D eigenvalue weighted by atomic mass is 10.2. The molecule has 1 aromatic heterocycles. The Morgan fingerprint density at radius 2 is 2.05 bits per heavy atom. The number of aromatic nitrogens is 1. The quantitative estimate of drug-likeness (QED) is 0.821. The number of amides is 2. The fourth-order valence-corrected chi connectivity index (χ4v) is 1.17. The summed E-state index contributed by atoms with van der Waals surface area (Å²) < 4.78 is 45.2. The molecule has 1 heterocycles. The van der Waals surface area contributed by atoms with Crippen molar-refractivity contribution in [3.63, 3.8) is 0 Å². The fourth-order valence-electron chi connectivity index (χ4n) is 1.17. The zero-order chi connectivity index (χ0) is 15.9. The predicted octanol–water partition coefficient (Wildman–Crippen LogP) is 1.41. The van der Waals surface area contributed by atoms with Crippen molar-refractivity contribution >= 4 is 12.0 Å². The van der Waals surface area contributed by atoms with Gasteiger partial charge in [-0.2, -0.15) is 13.2 Å². The topological polar surface area (TPSA) is 89.6 Å². The fraction of sp³-hybridized carbons (Fsp3) is 0.364. The lowest BCUT2D eigenvalue weighted by molar-refractivity contribution is -0.154. The van der Waals surface area contributed by atoms with Crippen molar-refractivity contribution in [2.45, 2.75) is 13.1 Å². The Hall–Kier alpha value is -2.52. The van der Waals surface area contributed by atoms with Crippen LogP contribution in [0.25, 0.3) is 0 Å². The summed E-state index contributed by atoms with van der Waals surface area (Å²) in [7, 11) is 0. The number of hydrazine groups is 1. The highest BCUT2D eigenvalue weighted by Gasteiger charge is 2.29. The first-order chi connectivity index (χ1) is 9.83. The van der Waals surface area contributed by atoms with Crippen molar-refractivity contribution in [3.8, 4) is 5.88 Å². The van der Waals surface area contributed by atoms with Crippen molar-refractivity contribution in [1.82, 2.24) is 15.8 Å². The number of hydrogen-bond acceptors (Lipinski definition) is 5. The minimum Gasteiger partial charge on any atom is -0.467 e. The number of ether oxygens (including phenoxy) is 2. The Bertz CT molecular complexity index is 508. The molecule has 0 aliphatic heterocycles. The predicted molar refractivity (Wildman–Crippen MR) is 63.4 cm³/mol. The van der Waals surface area contributed by atoms with Gasteiger partial charge in [0.15, 0.2) is 6.61 Å². The van der Waals surface area contributed by atoms with Gasteiger partial charge in [0.2, 0.25) is 5.88 Å². The summed E-state index contributed by atoms with van der Waals surface area (Å²) in [4.78, 5) is 26.2. The van der Waals surface area contributed by atoms with Gasteiger partial charge in [-0.05, 0) is 19.1 Å². The Morgan fingerprint density at radius 1 is 1.33 bits per heavy atom. The zero-order valence-electron chi connectivity index (χ0n) is 10.9. The number of hydrogen-bond donors (Lipinski definition) is 2. The molecular formula is C11H12F3N3O4. The van der Waals surface area contributed by atoms with Gasteiger partial charge in [-0.15, -0.1) is 0 Å². The van der Waals surface area contributed by atoms with Crippen LogP contribution in [0, 0.1) is 0 Å². The van der Waals surface area contributed by atoms with Crippen LogP contribution in [0.1, 0.15) is 17.3 Å². The second-order valence-electron chi connectivity index (χ2n) is 3.56. The smallest absolute Gasteiger partial charge is 0.426 e. The summed E-state index contributed by atoms with van der Waals surface area (Å²) in [6.45, 7) is 0.0652.